The zero-order valence-electron chi connectivity index (χ0n) is 13.6. The molecule has 2 aliphatic rings. The topological polar surface area (TPSA) is 86.1 Å². The molecule has 128 valence electrons. The summed E-state index contributed by atoms with van der Waals surface area (Å²) in [4.78, 5) is 30.2. The molecule has 1 aromatic rings. The average Bonchev–Trinajstić information content (AvgIpc) is 3.06. The van der Waals surface area contributed by atoms with E-state index in [1.807, 2.05) is 17.0 Å². The predicted molar refractivity (Wildman–Crippen MR) is 88.1 cm³/mol. The number of rotatable bonds is 5. The molecule has 2 amide bonds. The van der Waals surface area contributed by atoms with Crippen molar-refractivity contribution in [1.29, 1.82) is 0 Å². The van der Waals surface area contributed by atoms with Crippen molar-refractivity contribution in [3.05, 3.63) is 30.1 Å². The molecular formula is C17H22N4O3. The molecule has 7 nitrogen and oxygen atoms in total. The summed E-state index contributed by atoms with van der Waals surface area (Å²) in [5.74, 6) is 0.218. The van der Waals surface area contributed by atoms with Gasteiger partial charge in [0.25, 0.3) is 5.91 Å². The Balaban J connectivity index is 1.60. The largest absolute Gasteiger partial charge is 0.394 e. The molecule has 1 aromatic heterocycles. The molecule has 0 spiro atoms. The molecule has 1 N–H and O–H groups in total. The number of hydrogen-bond donors (Lipinski definition) is 1. The summed E-state index contributed by atoms with van der Waals surface area (Å²) in [6, 6.07) is 4.02. The molecule has 0 saturated carbocycles. The van der Waals surface area contributed by atoms with Crippen LogP contribution in [0.1, 0.15) is 24.8 Å². The SMILES string of the molecule is O=C(C1=NN(CCO)C(=O)CC1)N1CCC(Cc2ccncc2)C1. The minimum Gasteiger partial charge on any atom is -0.394 e. The second-order valence-corrected chi connectivity index (χ2v) is 6.25. The highest BCUT2D eigenvalue weighted by Crippen LogP contribution is 2.22. The standard InChI is InChI=1S/C17H22N4O3/c22-10-9-21-16(23)2-1-15(19-21)17(24)20-8-5-14(12-20)11-13-3-6-18-7-4-13/h3-4,6-7,14,22H,1-2,5,8-12H2. The van der Waals surface area contributed by atoms with Crippen LogP contribution in [0.25, 0.3) is 0 Å². The number of aromatic nitrogens is 1. The van der Waals surface area contributed by atoms with Crippen molar-refractivity contribution in [3.63, 3.8) is 0 Å². The van der Waals surface area contributed by atoms with Gasteiger partial charge in [0.05, 0.1) is 13.2 Å². The fourth-order valence-electron chi connectivity index (χ4n) is 3.24. The zero-order valence-corrected chi connectivity index (χ0v) is 13.6. The third kappa shape index (κ3) is 3.79. The third-order valence-electron chi connectivity index (χ3n) is 4.51. The summed E-state index contributed by atoms with van der Waals surface area (Å²) in [6.07, 6.45) is 6.14. The summed E-state index contributed by atoms with van der Waals surface area (Å²) >= 11 is 0. The molecular weight excluding hydrogens is 308 g/mol. The number of pyridine rings is 1. The first-order valence-corrected chi connectivity index (χ1v) is 8.34. The maximum Gasteiger partial charge on any atom is 0.270 e. The van der Waals surface area contributed by atoms with Gasteiger partial charge in [0.15, 0.2) is 0 Å². The highest BCUT2D eigenvalue weighted by molar-refractivity contribution is 6.39. The Hall–Kier alpha value is -2.28. The number of amides is 2. The van der Waals surface area contributed by atoms with Crippen LogP contribution < -0.4 is 0 Å². The Kier molecular flexibility index (Phi) is 5.20. The lowest BCUT2D eigenvalue weighted by Gasteiger charge is -2.24. The van der Waals surface area contributed by atoms with Crippen molar-refractivity contribution in [3.8, 4) is 0 Å². The maximum atomic E-state index is 12.6. The fraction of sp³-hybridized carbons (Fsp3) is 0.529. The van der Waals surface area contributed by atoms with Gasteiger partial charge in [0.1, 0.15) is 5.71 Å². The Bertz CT molecular complexity index is 632. The fourth-order valence-corrected chi connectivity index (χ4v) is 3.24. The van der Waals surface area contributed by atoms with Crippen LogP contribution >= 0.6 is 0 Å². The van der Waals surface area contributed by atoms with E-state index in [1.165, 1.54) is 10.6 Å². The van der Waals surface area contributed by atoms with Crippen molar-refractivity contribution in [2.75, 3.05) is 26.2 Å². The summed E-state index contributed by atoms with van der Waals surface area (Å²) in [5, 5.41) is 14.3. The number of β-amino-alcohol motifs (C(OH)–C–C–N with tert-alkyl or cyclic N) is 1. The minimum atomic E-state index is -0.158. The molecule has 0 radical (unpaired) electrons. The molecule has 3 heterocycles. The molecule has 3 rings (SSSR count). The summed E-state index contributed by atoms with van der Waals surface area (Å²) in [7, 11) is 0. The van der Waals surface area contributed by atoms with E-state index in [-0.39, 0.29) is 31.4 Å². The molecule has 0 aromatic carbocycles. The van der Waals surface area contributed by atoms with E-state index in [1.54, 1.807) is 12.4 Å². The number of carbonyl (C=O) groups excluding carboxylic acids is 2. The first-order chi connectivity index (χ1) is 11.7. The molecule has 1 saturated heterocycles. The van der Waals surface area contributed by atoms with Gasteiger partial charge in [-0.05, 0) is 36.5 Å². The summed E-state index contributed by atoms with van der Waals surface area (Å²) in [5.41, 5.74) is 1.66. The first-order valence-electron chi connectivity index (χ1n) is 8.34. The number of aliphatic hydroxyl groups is 1. The number of hydrogen-bond acceptors (Lipinski definition) is 5. The third-order valence-corrected chi connectivity index (χ3v) is 4.51. The molecule has 1 fully saturated rings. The van der Waals surface area contributed by atoms with E-state index in [9.17, 15) is 9.59 Å². The summed E-state index contributed by atoms with van der Waals surface area (Å²) in [6.45, 7) is 1.42. The number of likely N-dealkylation sites (tertiary alicyclic amines) is 1. The van der Waals surface area contributed by atoms with Gasteiger partial charge in [-0.15, -0.1) is 0 Å². The second kappa shape index (κ2) is 7.53. The van der Waals surface area contributed by atoms with Crippen molar-refractivity contribution < 1.29 is 14.7 Å². The van der Waals surface area contributed by atoms with Crippen LogP contribution in [0.2, 0.25) is 0 Å². The van der Waals surface area contributed by atoms with E-state index in [0.29, 0.717) is 24.6 Å². The monoisotopic (exact) mass is 330 g/mol. The van der Waals surface area contributed by atoms with Gasteiger partial charge >= 0.3 is 0 Å². The van der Waals surface area contributed by atoms with Gasteiger partial charge in [0, 0.05) is 38.3 Å². The van der Waals surface area contributed by atoms with Gasteiger partial charge in [-0.3, -0.25) is 14.6 Å². The Labute approximate surface area is 141 Å². The van der Waals surface area contributed by atoms with E-state index < -0.39 is 0 Å². The lowest BCUT2D eigenvalue weighted by atomic mass is 10.00. The van der Waals surface area contributed by atoms with Gasteiger partial charge in [-0.2, -0.15) is 5.10 Å². The Morgan fingerprint density at radius 1 is 1.29 bits per heavy atom. The van der Waals surface area contributed by atoms with Crippen molar-refractivity contribution in [2.24, 2.45) is 11.0 Å². The molecule has 1 unspecified atom stereocenters. The van der Waals surface area contributed by atoms with Gasteiger partial charge < -0.3 is 10.0 Å². The van der Waals surface area contributed by atoms with Crippen molar-refractivity contribution in [2.45, 2.75) is 25.7 Å². The molecule has 2 aliphatic heterocycles. The second-order valence-electron chi connectivity index (χ2n) is 6.25. The number of nitrogens with zero attached hydrogens (tertiary/aromatic N) is 4. The van der Waals surface area contributed by atoms with E-state index in [2.05, 4.69) is 10.1 Å². The molecule has 7 heteroatoms. The van der Waals surface area contributed by atoms with Gasteiger partial charge in [-0.25, -0.2) is 5.01 Å². The summed E-state index contributed by atoms with van der Waals surface area (Å²) < 4.78 is 0. The van der Waals surface area contributed by atoms with Crippen LogP contribution in [-0.4, -0.2) is 63.8 Å². The first kappa shape index (κ1) is 16.6. The van der Waals surface area contributed by atoms with E-state index in [4.69, 9.17) is 5.11 Å². The lowest BCUT2D eigenvalue weighted by molar-refractivity contribution is -0.132. The molecule has 1 atom stereocenters. The van der Waals surface area contributed by atoms with Crippen molar-refractivity contribution >= 4 is 17.5 Å². The zero-order chi connectivity index (χ0) is 16.9. The van der Waals surface area contributed by atoms with Crippen LogP contribution in [0.3, 0.4) is 0 Å². The van der Waals surface area contributed by atoms with E-state index in [0.717, 1.165) is 19.4 Å². The number of carbonyl (C=O) groups is 2. The number of hydrazone groups is 1. The van der Waals surface area contributed by atoms with Gasteiger partial charge in [-0.1, -0.05) is 0 Å². The Morgan fingerprint density at radius 2 is 2.08 bits per heavy atom. The molecule has 24 heavy (non-hydrogen) atoms. The van der Waals surface area contributed by atoms with Crippen LogP contribution in [0.4, 0.5) is 0 Å². The van der Waals surface area contributed by atoms with Crippen LogP contribution in [-0.2, 0) is 16.0 Å². The van der Waals surface area contributed by atoms with Crippen LogP contribution in [0.5, 0.6) is 0 Å². The molecule has 0 aliphatic carbocycles. The smallest absolute Gasteiger partial charge is 0.270 e. The maximum absolute atomic E-state index is 12.6. The van der Waals surface area contributed by atoms with Crippen molar-refractivity contribution in [1.82, 2.24) is 14.9 Å². The van der Waals surface area contributed by atoms with Gasteiger partial charge in [0.2, 0.25) is 5.91 Å². The van der Waals surface area contributed by atoms with Crippen LogP contribution in [0.15, 0.2) is 29.6 Å². The normalized spacial score (nSPS) is 21.1. The van der Waals surface area contributed by atoms with E-state index >= 15 is 0 Å². The molecule has 0 bridgehead atoms. The predicted octanol–water partition coefficient (Wildman–Crippen LogP) is 0.443. The number of aliphatic hydroxyl groups excluding tert-OH is 1. The highest BCUT2D eigenvalue weighted by Gasteiger charge is 2.31. The lowest BCUT2D eigenvalue weighted by Crippen LogP contribution is -2.41. The average molecular weight is 330 g/mol. The highest BCUT2D eigenvalue weighted by atomic mass is 16.3. The minimum absolute atomic E-state index is 0.0809. The van der Waals surface area contributed by atoms with Crippen LogP contribution in [0, 0.1) is 5.92 Å². The quantitative estimate of drug-likeness (QED) is 0.849. The Morgan fingerprint density at radius 3 is 2.83 bits per heavy atom.